The van der Waals surface area contributed by atoms with E-state index in [0.717, 1.165) is 27.4 Å². The number of hydrogen-bond acceptors (Lipinski definition) is 6. The minimum absolute atomic E-state index is 0.0409. The van der Waals surface area contributed by atoms with Crippen LogP contribution in [0.4, 0.5) is 0 Å². The SMILES string of the molecule is CNCc1ccc(Cl)cc1-c1ccc([C@@H](C)NC(=O)c2ccc(=O)n(C3CCOCC3)n2)s1. The van der Waals surface area contributed by atoms with Crippen molar-refractivity contribution in [1.82, 2.24) is 20.4 Å². The highest BCUT2D eigenvalue weighted by Crippen LogP contribution is 2.35. The fourth-order valence-corrected chi connectivity index (χ4v) is 5.17. The van der Waals surface area contributed by atoms with E-state index in [1.165, 1.54) is 16.8 Å². The van der Waals surface area contributed by atoms with Crippen LogP contribution in [0.25, 0.3) is 10.4 Å². The molecule has 1 saturated heterocycles. The maximum Gasteiger partial charge on any atom is 0.272 e. The molecule has 2 aromatic heterocycles. The average Bonchev–Trinajstić information content (AvgIpc) is 3.31. The molecule has 0 saturated carbocycles. The molecule has 7 nitrogen and oxygen atoms in total. The summed E-state index contributed by atoms with van der Waals surface area (Å²) in [5.74, 6) is -0.308. The third-order valence-corrected chi connectivity index (χ3v) is 7.24. The molecule has 4 rings (SSSR count). The van der Waals surface area contributed by atoms with Gasteiger partial charge in [-0.2, -0.15) is 5.10 Å². The van der Waals surface area contributed by atoms with E-state index in [4.69, 9.17) is 16.3 Å². The van der Waals surface area contributed by atoms with Gasteiger partial charge in [0.05, 0.1) is 12.1 Å². The van der Waals surface area contributed by atoms with Crippen molar-refractivity contribution in [3.8, 4) is 10.4 Å². The zero-order valence-corrected chi connectivity index (χ0v) is 20.2. The van der Waals surface area contributed by atoms with Crippen molar-refractivity contribution in [3.05, 3.63) is 74.0 Å². The fourth-order valence-electron chi connectivity index (χ4n) is 3.93. The standard InChI is InChI=1S/C24H27ClN4O3S/c1-15(21-6-7-22(33-21)19-13-17(25)4-3-16(19)14-26-2)27-24(31)20-5-8-23(30)29(28-20)18-9-11-32-12-10-18/h3-8,13,15,18,26H,9-12,14H2,1-2H3,(H,27,31)/t15-/m1/s1. The van der Waals surface area contributed by atoms with Crippen LogP contribution in [0.5, 0.6) is 0 Å². The van der Waals surface area contributed by atoms with Crippen molar-refractivity contribution in [2.24, 2.45) is 0 Å². The van der Waals surface area contributed by atoms with Gasteiger partial charge >= 0.3 is 0 Å². The lowest BCUT2D eigenvalue weighted by molar-refractivity contribution is 0.0644. The second kappa shape index (κ2) is 10.6. The molecule has 2 N–H and O–H groups in total. The highest BCUT2D eigenvalue weighted by Gasteiger charge is 2.21. The Bertz CT molecular complexity index is 1190. The first-order valence-corrected chi connectivity index (χ1v) is 12.2. The molecule has 33 heavy (non-hydrogen) atoms. The summed E-state index contributed by atoms with van der Waals surface area (Å²) in [6.45, 7) is 3.86. The number of nitrogens with one attached hydrogen (secondary N) is 2. The molecule has 1 aliphatic heterocycles. The highest BCUT2D eigenvalue weighted by atomic mass is 35.5. The van der Waals surface area contributed by atoms with Gasteiger partial charge in [-0.05, 0) is 68.3 Å². The van der Waals surface area contributed by atoms with Crippen molar-refractivity contribution >= 4 is 28.8 Å². The van der Waals surface area contributed by atoms with Gasteiger partial charge < -0.3 is 15.4 Å². The molecule has 0 unspecified atom stereocenters. The predicted molar refractivity (Wildman–Crippen MR) is 131 cm³/mol. The van der Waals surface area contributed by atoms with Crippen LogP contribution < -0.4 is 16.2 Å². The van der Waals surface area contributed by atoms with Crippen LogP contribution in [0.15, 0.2) is 47.3 Å². The zero-order valence-electron chi connectivity index (χ0n) is 18.6. The molecule has 0 aliphatic carbocycles. The van der Waals surface area contributed by atoms with Crippen LogP contribution in [0.2, 0.25) is 5.02 Å². The van der Waals surface area contributed by atoms with Gasteiger partial charge in [0.15, 0.2) is 0 Å². The molecule has 3 heterocycles. The van der Waals surface area contributed by atoms with Crippen LogP contribution in [-0.4, -0.2) is 35.9 Å². The second-order valence-electron chi connectivity index (χ2n) is 8.07. The number of ether oxygens (including phenoxy) is 1. The average molecular weight is 487 g/mol. The highest BCUT2D eigenvalue weighted by molar-refractivity contribution is 7.15. The number of aromatic nitrogens is 2. The number of amides is 1. The van der Waals surface area contributed by atoms with Gasteiger partial charge in [-0.15, -0.1) is 11.3 Å². The number of benzene rings is 1. The topological polar surface area (TPSA) is 85.2 Å². The number of halogens is 1. The van der Waals surface area contributed by atoms with Gasteiger partial charge in [0.25, 0.3) is 11.5 Å². The van der Waals surface area contributed by atoms with Crippen LogP contribution in [0, 0.1) is 0 Å². The molecule has 3 aromatic rings. The molecule has 1 aliphatic rings. The van der Waals surface area contributed by atoms with Crippen molar-refractivity contribution in [3.63, 3.8) is 0 Å². The van der Waals surface area contributed by atoms with Crippen molar-refractivity contribution in [2.45, 2.75) is 38.4 Å². The molecule has 1 fully saturated rings. The zero-order chi connectivity index (χ0) is 23.4. The molecular formula is C24H27ClN4O3S. The minimum Gasteiger partial charge on any atom is -0.381 e. The number of carbonyl (C=O) groups is 1. The quantitative estimate of drug-likeness (QED) is 0.523. The Morgan fingerprint density at radius 3 is 2.79 bits per heavy atom. The van der Waals surface area contributed by atoms with Gasteiger partial charge in [-0.25, -0.2) is 4.68 Å². The van der Waals surface area contributed by atoms with Crippen LogP contribution in [-0.2, 0) is 11.3 Å². The van der Waals surface area contributed by atoms with Gasteiger partial charge in [0, 0.05) is 40.6 Å². The fraction of sp³-hybridized carbons (Fsp3) is 0.375. The van der Waals surface area contributed by atoms with E-state index in [9.17, 15) is 9.59 Å². The molecular weight excluding hydrogens is 460 g/mol. The molecule has 1 aromatic carbocycles. The Hall–Kier alpha value is -2.52. The Morgan fingerprint density at radius 1 is 1.24 bits per heavy atom. The van der Waals surface area contributed by atoms with Crippen LogP contribution in [0.3, 0.4) is 0 Å². The first-order valence-electron chi connectivity index (χ1n) is 11.0. The van der Waals surface area contributed by atoms with Gasteiger partial charge in [0.2, 0.25) is 0 Å². The maximum atomic E-state index is 12.9. The van der Waals surface area contributed by atoms with Crippen LogP contribution in [0.1, 0.15) is 52.8 Å². The van der Waals surface area contributed by atoms with E-state index < -0.39 is 0 Å². The third-order valence-electron chi connectivity index (χ3n) is 5.70. The van der Waals surface area contributed by atoms with E-state index in [2.05, 4.69) is 21.8 Å². The summed E-state index contributed by atoms with van der Waals surface area (Å²) in [5.41, 5.74) is 2.27. The number of thiophene rings is 1. The van der Waals surface area contributed by atoms with E-state index in [1.807, 2.05) is 38.2 Å². The van der Waals surface area contributed by atoms with E-state index in [0.29, 0.717) is 31.1 Å². The number of rotatable bonds is 7. The number of nitrogens with zero attached hydrogens (tertiary/aromatic N) is 2. The van der Waals surface area contributed by atoms with Crippen molar-refractivity contribution < 1.29 is 9.53 Å². The molecule has 9 heteroatoms. The summed E-state index contributed by atoms with van der Waals surface area (Å²) in [6.07, 6.45) is 1.43. The Kier molecular flexibility index (Phi) is 7.60. The molecule has 0 bridgehead atoms. The Balaban J connectivity index is 1.50. The summed E-state index contributed by atoms with van der Waals surface area (Å²) in [7, 11) is 1.91. The molecule has 0 radical (unpaired) electrons. The minimum atomic E-state index is -0.308. The lowest BCUT2D eigenvalue weighted by Gasteiger charge is -2.23. The van der Waals surface area contributed by atoms with E-state index >= 15 is 0 Å². The number of hydrogen-bond donors (Lipinski definition) is 2. The van der Waals surface area contributed by atoms with E-state index in [-0.39, 0.29) is 29.2 Å². The predicted octanol–water partition coefficient (Wildman–Crippen LogP) is 4.19. The second-order valence-corrected chi connectivity index (χ2v) is 9.63. The van der Waals surface area contributed by atoms with Crippen LogP contribution >= 0.6 is 22.9 Å². The summed E-state index contributed by atoms with van der Waals surface area (Å²) in [4.78, 5) is 27.3. The molecule has 0 spiro atoms. The summed E-state index contributed by atoms with van der Waals surface area (Å²) >= 11 is 7.86. The van der Waals surface area contributed by atoms with Gasteiger partial charge in [-0.1, -0.05) is 17.7 Å². The van der Waals surface area contributed by atoms with Crippen molar-refractivity contribution in [2.75, 3.05) is 20.3 Å². The normalized spacial score (nSPS) is 15.4. The van der Waals surface area contributed by atoms with Gasteiger partial charge in [-0.3, -0.25) is 9.59 Å². The van der Waals surface area contributed by atoms with Gasteiger partial charge in [0.1, 0.15) is 5.69 Å². The first kappa shape index (κ1) is 23.6. The van der Waals surface area contributed by atoms with Crippen molar-refractivity contribution in [1.29, 1.82) is 0 Å². The largest absolute Gasteiger partial charge is 0.381 e. The molecule has 1 atom stereocenters. The Morgan fingerprint density at radius 2 is 2.03 bits per heavy atom. The lowest BCUT2D eigenvalue weighted by Crippen LogP contribution is -2.34. The Labute approximate surface area is 201 Å². The van der Waals surface area contributed by atoms with E-state index in [1.54, 1.807) is 11.3 Å². The lowest BCUT2D eigenvalue weighted by atomic mass is 10.1. The third kappa shape index (κ3) is 5.52. The smallest absolute Gasteiger partial charge is 0.272 e. The summed E-state index contributed by atoms with van der Waals surface area (Å²) in [6, 6.07) is 12.6. The maximum absolute atomic E-state index is 12.9. The monoisotopic (exact) mass is 486 g/mol. The summed E-state index contributed by atoms with van der Waals surface area (Å²) < 4.78 is 6.79. The molecule has 1 amide bonds. The molecule has 174 valence electrons. The number of carbonyl (C=O) groups excluding carboxylic acids is 1. The first-order chi connectivity index (χ1) is 16.0. The summed E-state index contributed by atoms with van der Waals surface area (Å²) in [5, 5.41) is 11.2.